The first-order valence-electron chi connectivity index (χ1n) is 9.62. The molecule has 29 heavy (non-hydrogen) atoms. The molecule has 1 heterocycles. The van der Waals surface area contributed by atoms with Gasteiger partial charge in [-0.3, -0.25) is 0 Å². The fraction of sp³-hybridized carbons (Fsp3) is 0.429. The van der Waals surface area contributed by atoms with Crippen LogP contribution in [0.3, 0.4) is 0 Å². The summed E-state index contributed by atoms with van der Waals surface area (Å²) in [4.78, 5) is 0.588. The predicted octanol–water partition coefficient (Wildman–Crippen LogP) is 2.92. The van der Waals surface area contributed by atoms with E-state index in [1.54, 1.807) is 30.3 Å². The third-order valence-electron chi connectivity index (χ3n) is 6.11. The van der Waals surface area contributed by atoms with E-state index in [0.29, 0.717) is 4.90 Å². The van der Waals surface area contributed by atoms with E-state index >= 15 is 0 Å². The summed E-state index contributed by atoms with van der Waals surface area (Å²) in [5.74, 6) is 0. The molecule has 0 radical (unpaired) electrons. The van der Waals surface area contributed by atoms with Crippen LogP contribution in [0.4, 0.5) is 0 Å². The highest BCUT2D eigenvalue weighted by molar-refractivity contribution is 7.89. The maximum Gasteiger partial charge on any atom is 0.243 e. The van der Waals surface area contributed by atoms with Gasteiger partial charge >= 0.3 is 0 Å². The first-order valence-corrected chi connectivity index (χ1v) is 12.5. The van der Waals surface area contributed by atoms with E-state index in [0.717, 1.165) is 27.8 Å². The Hall–Kier alpha value is -1.74. The molecule has 8 heteroatoms. The van der Waals surface area contributed by atoms with Crippen LogP contribution >= 0.6 is 0 Å². The summed E-state index contributed by atoms with van der Waals surface area (Å²) in [6, 6.07) is 8.24. The summed E-state index contributed by atoms with van der Waals surface area (Å²) in [6.07, 6.45) is 0. The van der Waals surface area contributed by atoms with Gasteiger partial charge in [0.05, 0.1) is 9.79 Å². The van der Waals surface area contributed by atoms with Crippen molar-refractivity contribution in [2.75, 3.05) is 26.2 Å². The van der Waals surface area contributed by atoms with Gasteiger partial charge in [-0.25, -0.2) is 16.8 Å². The summed E-state index contributed by atoms with van der Waals surface area (Å²) in [5.41, 5.74) is 4.61. The van der Waals surface area contributed by atoms with Gasteiger partial charge < -0.3 is 0 Å². The monoisotopic (exact) mass is 436 g/mol. The second kappa shape index (κ2) is 7.83. The number of nitrogens with zero attached hydrogens (tertiary/aromatic N) is 2. The first kappa shape index (κ1) is 22.0. The molecule has 1 aliphatic heterocycles. The summed E-state index contributed by atoms with van der Waals surface area (Å²) in [5, 5.41) is 0. The zero-order valence-electron chi connectivity index (χ0n) is 17.6. The van der Waals surface area contributed by atoms with Crippen LogP contribution in [0.15, 0.2) is 40.1 Å². The largest absolute Gasteiger partial charge is 0.243 e. The van der Waals surface area contributed by atoms with Crippen LogP contribution in [0.25, 0.3) is 0 Å². The lowest BCUT2D eigenvalue weighted by Crippen LogP contribution is -2.50. The highest BCUT2D eigenvalue weighted by Gasteiger charge is 2.35. The van der Waals surface area contributed by atoms with Crippen molar-refractivity contribution in [3.05, 3.63) is 58.1 Å². The Balaban J connectivity index is 1.88. The molecule has 0 unspecified atom stereocenters. The third kappa shape index (κ3) is 3.74. The van der Waals surface area contributed by atoms with Crippen molar-refractivity contribution in [3.63, 3.8) is 0 Å². The molecule has 2 aromatic rings. The molecule has 0 aromatic heterocycles. The van der Waals surface area contributed by atoms with E-state index in [2.05, 4.69) is 0 Å². The number of sulfonamides is 2. The average Bonchev–Trinajstić information content (AvgIpc) is 2.71. The van der Waals surface area contributed by atoms with Crippen molar-refractivity contribution in [2.45, 2.75) is 44.4 Å². The highest BCUT2D eigenvalue weighted by atomic mass is 32.2. The van der Waals surface area contributed by atoms with E-state index in [1.165, 1.54) is 8.61 Å². The Kier molecular flexibility index (Phi) is 5.93. The average molecular weight is 437 g/mol. The van der Waals surface area contributed by atoms with Gasteiger partial charge in [0.1, 0.15) is 0 Å². The highest BCUT2D eigenvalue weighted by Crippen LogP contribution is 2.32. The van der Waals surface area contributed by atoms with Crippen LogP contribution in [0.1, 0.15) is 27.8 Å². The van der Waals surface area contributed by atoms with Gasteiger partial charge in [0, 0.05) is 26.2 Å². The summed E-state index contributed by atoms with van der Waals surface area (Å²) in [6.45, 7) is 10.1. The fourth-order valence-electron chi connectivity index (χ4n) is 3.87. The van der Waals surface area contributed by atoms with Crippen LogP contribution < -0.4 is 0 Å². The molecule has 0 amide bonds. The Labute approximate surface area is 174 Å². The topological polar surface area (TPSA) is 74.8 Å². The zero-order valence-corrected chi connectivity index (χ0v) is 19.2. The lowest BCUT2D eigenvalue weighted by atomic mass is 9.95. The number of rotatable bonds is 4. The first-order chi connectivity index (χ1) is 13.5. The van der Waals surface area contributed by atoms with Gasteiger partial charge in [0.25, 0.3) is 0 Å². The fourth-order valence-corrected chi connectivity index (χ4v) is 7.30. The minimum absolute atomic E-state index is 0.137. The standard InChI is InChI=1S/C21H28N2O4S2/c1-15-16(2)18(4)21(19(5)17(15)3)29(26,27)23-13-11-22(12-14-23)28(24,25)20-9-7-6-8-10-20/h6-10H,11-14H2,1-5H3. The Bertz CT molecular complexity index is 1100. The molecular weight excluding hydrogens is 408 g/mol. The zero-order chi connectivity index (χ0) is 21.6. The molecule has 0 spiro atoms. The molecule has 0 bridgehead atoms. The minimum atomic E-state index is -3.71. The predicted molar refractivity (Wildman–Crippen MR) is 114 cm³/mol. The minimum Gasteiger partial charge on any atom is -0.207 e. The molecule has 3 rings (SSSR count). The number of piperazine rings is 1. The van der Waals surface area contributed by atoms with Crippen LogP contribution in [0.2, 0.25) is 0 Å². The number of hydrogen-bond acceptors (Lipinski definition) is 4. The van der Waals surface area contributed by atoms with Crippen molar-refractivity contribution in [2.24, 2.45) is 0 Å². The molecule has 1 aliphatic rings. The van der Waals surface area contributed by atoms with Gasteiger partial charge in [-0.1, -0.05) is 18.2 Å². The number of hydrogen-bond donors (Lipinski definition) is 0. The van der Waals surface area contributed by atoms with Crippen LogP contribution in [0, 0.1) is 34.6 Å². The van der Waals surface area contributed by atoms with Gasteiger partial charge in [0.15, 0.2) is 0 Å². The molecule has 0 aliphatic carbocycles. The Morgan fingerprint density at radius 1 is 0.586 bits per heavy atom. The maximum atomic E-state index is 13.4. The molecule has 0 N–H and O–H groups in total. The van der Waals surface area contributed by atoms with E-state index in [-0.39, 0.29) is 31.1 Å². The molecular formula is C21H28N2O4S2. The van der Waals surface area contributed by atoms with Crippen LogP contribution in [0.5, 0.6) is 0 Å². The van der Waals surface area contributed by atoms with Crippen molar-refractivity contribution in [1.82, 2.24) is 8.61 Å². The SMILES string of the molecule is Cc1c(C)c(C)c(S(=O)(=O)N2CCN(S(=O)(=O)c3ccccc3)CC2)c(C)c1C. The second-order valence-corrected chi connectivity index (χ2v) is 11.4. The van der Waals surface area contributed by atoms with Gasteiger partial charge in [-0.2, -0.15) is 8.61 Å². The Morgan fingerprint density at radius 3 is 1.41 bits per heavy atom. The molecule has 1 saturated heterocycles. The van der Waals surface area contributed by atoms with Gasteiger partial charge in [-0.05, 0) is 74.6 Å². The Morgan fingerprint density at radius 2 is 0.966 bits per heavy atom. The number of benzene rings is 2. The second-order valence-electron chi connectivity index (χ2n) is 7.58. The summed E-state index contributed by atoms with van der Waals surface area (Å²) < 4.78 is 55.2. The molecule has 158 valence electrons. The van der Waals surface area contributed by atoms with Crippen molar-refractivity contribution >= 4 is 20.0 Å². The van der Waals surface area contributed by atoms with E-state index in [4.69, 9.17) is 0 Å². The summed E-state index contributed by atoms with van der Waals surface area (Å²) in [7, 11) is -7.33. The lowest BCUT2D eigenvalue weighted by Gasteiger charge is -2.34. The molecule has 2 aromatic carbocycles. The maximum absolute atomic E-state index is 13.4. The van der Waals surface area contributed by atoms with Gasteiger partial charge in [0.2, 0.25) is 20.0 Å². The third-order valence-corrected chi connectivity index (χ3v) is 10.2. The quantitative estimate of drug-likeness (QED) is 0.739. The van der Waals surface area contributed by atoms with Crippen molar-refractivity contribution < 1.29 is 16.8 Å². The summed E-state index contributed by atoms with van der Waals surface area (Å²) >= 11 is 0. The smallest absolute Gasteiger partial charge is 0.207 e. The molecule has 1 fully saturated rings. The van der Waals surface area contributed by atoms with Crippen molar-refractivity contribution in [1.29, 1.82) is 0 Å². The molecule has 0 atom stereocenters. The molecule has 0 saturated carbocycles. The van der Waals surface area contributed by atoms with E-state index in [9.17, 15) is 16.8 Å². The van der Waals surface area contributed by atoms with E-state index < -0.39 is 20.0 Å². The van der Waals surface area contributed by atoms with Gasteiger partial charge in [-0.15, -0.1) is 0 Å². The molecule has 6 nitrogen and oxygen atoms in total. The normalized spacial score (nSPS) is 16.9. The van der Waals surface area contributed by atoms with E-state index in [1.807, 2.05) is 34.6 Å². The van der Waals surface area contributed by atoms with Crippen LogP contribution in [-0.4, -0.2) is 51.6 Å². The van der Waals surface area contributed by atoms with Crippen LogP contribution in [-0.2, 0) is 20.0 Å². The lowest BCUT2D eigenvalue weighted by molar-refractivity contribution is 0.272. The van der Waals surface area contributed by atoms with Crippen molar-refractivity contribution in [3.8, 4) is 0 Å².